The molecule has 132 valence electrons. The van der Waals surface area contributed by atoms with Gasteiger partial charge in [-0.1, -0.05) is 0 Å². The Morgan fingerprint density at radius 3 is 2.52 bits per heavy atom. The Balaban J connectivity index is 2.20. The number of piperidine rings is 1. The molecule has 4 unspecified atom stereocenters. The third-order valence-electron chi connectivity index (χ3n) is 4.65. The number of aliphatic hydroxyl groups excluding tert-OH is 1. The van der Waals surface area contributed by atoms with Crippen molar-refractivity contribution in [3.63, 3.8) is 0 Å². The summed E-state index contributed by atoms with van der Waals surface area (Å²) in [5.74, 6) is -0.0602. The van der Waals surface area contributed by atoms with Crippen LogP contribution in [0.15, 0.2) is 0 Å². The summed E-state index contributed by atoms with van der Waals surface area (Å²) in [5.41, 5.74) is -0.601. The fourth-order valence-electron chi connectivity index (χ4n) is 3.74. The Hall–Kier alpha value is -1.30. The molecule has 4 atom stereocenters. The summed E-state index contributed by atoms with van der Waals surface area (Å²) >= 11 is 0. The van der Waals surface area contributed by atoms with E-state index in [4.69, 9.17) is 9.47 Å². The van der Waals surface area contributed by atoms with Gasteiger partial charge in [-0.15, -0.1) is 0 Å². The van der Waals surface area contributed by atoms with Crippen molar-refractivity contribution >= 4 is 12.1 Å². The van der Waals surface area contributed by atoms with Crippen LogP contribution in [0.3, 0.4) is 0 Å². The molecule has 1 amide bonds. The summed E-state index contributed by atoms with van der Waals surface area (Å²) < 4.78 is 10.7. The van der Waals surface area contributed by atoms with Gasteiger partial charge in [0.15, 0.2) is 0 Å². The molecule has 1 heterocycles. The Kier molecular flexibility index (Phi) is 5.55. The first-order chi connectivity index (χ1) is 10.7. The minimum atomic E-state index is -0.601. The molecule has 0 radical (unpaired) electrons. The van der Waals surface area contributed by atoms with Gasteiger partial charge in [-0.25, -0.2) is 9.59 Å². The molecule has 6 nitrogen and oxygen atoms in total. The number of ether oxygens (including phenoxy) is 2. The van der Waals surface area contributed by atoms with E-state index in [-0.39, 0.29) is 30.5 Å². The van der Waals surface area contributed by atoms with Gasteiger partial charge >= 0.3 is 12.1 Å². The lowest BCUT2D eigenvalue weighted by Gasteiger charge is -2.47. The van der Waals surface area contributed by atoms with Crippen LogP contribution in [-0.2, 0) is 14.3 Å². The van der Waals surface area contributed by atoms with E-state index < -0.39 is 17.7 Å². The summed E-state index contributed by atoms with van der Waals surface area (Å²) in [5, 5.41) is 9.88. The predicted molar refractivity (Wildman–Crippen MR) is 84.8 cm³/mol. The predicted octanol–water partition coefficient (Wildman–Crippen LogP) is 2.34. The van der Waals surface area contributed by atoms with Crippen LogP contribution in [0.4, 0.5) is 4.79 Å². The zero-order valence-electron chi connectivity index (χ0n) is 14.6. The molecular weight excluding hydrogens is 298 g/mol. The second-order valence-electron chi connectivity index (χ2n) is 7.55. The number of aliphatic hydroxyl groups is 1. The molecule has 0 spiro atoms. The van der Waals surface area contributed by atoms with Gasteiger partial charge in [0.1, 0.15) is 11.6 Å². The maximum atomic E-state index is 12.5. The Morgan fingerprint density at radius 1 is 1.22 bits per heavy atom. The summed E-state index contributed by atoms with van der Waals surface area (Å²) in [6.45, 7) is 7.96. The number of carbonyl (C=O) groups excluding carboxylic acids is 2. The molecule has 0 aromatic heterocycles. The van der Waals surface area contributed by atoms with Crippen LogP contribution >= 0.6 is 0 Å². The van der Waals surface area contributed by atoms with Gasteiger partial charge in [0.2, 0.25) is 0 Å². The van der Waals surface area contributed by atoms with Gasteiger partial charge in [0.05, 0.1) is 12.7 Å². The zero-order chi connectivity index (χ0) is 17.2. The van der Waals surface area contributed by atoms with E-state index in [2.05, 4.69) is 0 Å². The van der Waals surface area contributed by atoms with Crippen LogP contribution in [0.5, 0.6) is 0 Å². The molecule has 1 aliphatic carbocycles. The van der Waals surface area contributed by atoms with Gasteiger partial charge in [0.25, 0.3) is 0 Å². The summed E-state index contributed by atoms with van der Waals surface area (Å²) in [7, 11) is 0. The molecule has 2 fully saturated rings. The fourth-order valence-corrected chi connectivity index (χ4v) is 3.74. The molecular formula is C17H29NO5. The topological polar surface area (TPSA) is 76.1 Å². The van der Waals surface area contributed by atoms with E-state index in [1.807, 2.05) is 20.8 Å². The molecule has 1 saturated heterocycles. The van der Waals surface area contributed by atoms with Gasteiger partial charge < -0.3 is 14.6 Å². The lowest BCUT2D eigenvalue weighted by molar-refractivity contribution is -0.156. The largest absolute Gasteiger partial charge is 0.464 e. The minimum absolute atomic E-state index is 0.0405. The van der Waals surface area contributed by atoms with E-state index >= 15 is 0 Å². The van der Waals surface area contributed by atoms with Gasteiger partial charge in [-0.3, -0.25) is 4.90 Å². The van der Waals surface area contributed by atoms with Crippen LogP contribution in [0.1, 0.15) is 53.4 Å². The number of esters is 1. The van der Waals surface area contributed by atoms with Crippen molar-refractivity contribution in [2.24, 2.45) is 11.8 Å². The Labute approximate surface area is 138 Å². The van der Waals surface area contributed by atoms with Crippen LogP contribution in [-0.4, -0.2) is 53.0 Å². The number of hydrogen-bond acceptors (Lipinski definition) is 5. The molecule has 2 aliphatic rings. The second-order valence-corrected chi connectivity index (χ2v) is 7.55. The normalized spacial score (nSPS) is 31.3. The summed E-state index contributed by atoms with van der Waals surface area (Å²) in [4.78, 5) is 26.5. The second kappa shape index (κ2) is 7.07. The van der Waals surface area contributed by atoms with Crippen molar-refractivity contribution in [2.75, 3.05) is 13.2 Å². The molecule has 1 N–H and O–H groups in total. The quantitative estimate of drug-likeness (QED) is 0.788. The van der Waals surface area contributed by atoms with Crippen LogP contribution in [0.2, 0.25) is 0 Å². The first-order valence-corrected chi connectivity index (χ1v) is 8.57. The van der Waals surface area contributed by atoms with Crippen molar-refractivity contribution in [3.8, 4) is 0 Å². The number of rotatable bonds is 2. The van der Waals surface area contributed by atoms with E-state index in [9.17, 15) is 14.7 Å². The Morgan fingerprint density at radius 2 is 1.91 bits per heavy atom. The molecule has 0 aromatic carbocycles. The van der Waals surface area contributed by atoms with E-state index in [1.54, 1.807) is 6.92 Å². The van der Waals surface area contributed by atoms with Gasteiger partial charge in [-0.05, 0) is 65.2 Å². The lowest BCUT2D eigenvalue weighted by Crippen LogP contribution is -2.58. The molecule has 2 rings (SSSR count). The van der Waals surface area contributed by atoms with Crippen molar-refractivity contribution in [1.82, 2.24) is 4.90 Å². The molecule has 0 aromatic rings. The van der Waals surface area contributed by atoms with E-state index in [0.717, 1.165) is 12.8 Å². The lowest BCUT2D eigenvalue weighted by atomic mass is 9.70. The van der Waals surface area contributed by atoms with E-state index in [0.29, 0.717) is 19.4 Å². The number of amides is 1. The van der Waals surface area contributed by atoms with E-state index in [1.165, 1.54) is 4.90 Å². The molecule has 6 heteroatoms. The summed E-state index contributed by atoms with van der Waals surface area (Å²) in [6.07, 6.45) is 2.13. The van der Waals surface area contributed by atoms with Crippen molar-refractivity contribution in [1.29, 1.82) is 0 Å². The Bertz CT molecular complexity index is 445. The number of carbonyl (C=O) groups is 2. The number of nitrogens with zero attached hydrogens (tertiary/aromatic N) is 1. The average molecular weight is 327 g/mol. The SMILES string of the molecule is CCOC(=O)C1C2CCC(O)CC2CCN1C(=O)OC(C)(C)C. The highest BCUT2D eigenvalue weighted by Crippen LogP contribution is 2.40. The minimum Gasteiger partial charge on any atom is -0.464 e. The average Bonchev–Trinajstić information content (AvgIpc) is 2.44. The molecule has 1 saturated carbocycles. The standard InChI is InChI=1S/C17H29NO5/c1-5-22-15(20)14-13-7-6-12(19)10-11(13)8-9-18(14)16(21)23-17(2,3)4/h11-14,19H,5-10H2,1-4H3. The molecule has 23 heavy (non-hydrogen) atoms. The molecule has 0 bridgehead atoms. The first-order valence-electron chi connectivity index (χ1n) is 8.57. The van der Waals surface area contributed by atoms with Crippen LogP contribution in [0.25, 0.3) is 0 Å². The monoisotopic (exact) mass is 327 g/mol. The van der Waals surface area contributed by atoms with Crippen molar-refractivity contribution in [2.45, 2.75) is 71.1 Å². The van der Waals surface area contributed by atoms with Crippen molar-refractivity contribution in [3.05, 3.63) is 0 Å². The van der Waals surface area contributed by atoms with Crippen molar-refractivity contribution < 1.29 is 24.2 Å². The third-order valence-corrected chi connectivity index (χ3v) is 4.65. The number of hydrogen-bond donors (Lipinski definition) is 1. The first kappa shape index (κ1) is 18.0. The number of likely N-dealkylation sites (tertiary alicyclic amines) is 1. The maximum Gasteiger partial charge on any atom is 0.411 e. The highest BCUT2D eigenvalue weighted by atomic mass is 16.6. The van der Waals surface area contributed by atoms with Gasteiger partial charge in [-0.2, -0.15) is 0 Å². The highest BCUT2D eigenvalue weighted by Gasteiger charge is 2.47. The maximum absolute atomic E-state index is 12.5. The fraction of sp³-hybridized carbons (Fsp3) is 0.882. The zero-order valence-corrected chi connectivity index (χ0v) is 14.6. The highest BCUT2D eigenvalue weighted by molar-refractivity contribution is 5.82. The van der Waals surface area contributed by atoms with Crippen LogP contribution < -0.4 is 0 Å². The third kappa shape index (κ3) is 4.37. The van der Waals surface area contributed by atoms with Gasteiger partial charge in [0, 0.05) is 6.54 Å². The molecule has 1 aliphatic heterocycles. The smallest absolute Gasteiger partial charge is 0.411 e. The van der Waals surface area contributed by atoms with Crippen LogP contribution in [0, 0.1) is 11.8 Å². The number of fused-ring (bicyclic) bond motifs is 1. The summed E-state index contributed by atoms with van der Waals surface area (Å²) in [6, 6.07) is -0.601.